The van der Waals surface area contributed by atoms with Crippen molar-refractivity contribution in [1.82, 2.24) is 9.78 Å². The Kier molecular flexibility index (Phi) is 3.75. The molecule has 0 radical (unpaired) electrons. The molecule has 1 N–H and O–H groups in total. The summed E-state index contributed by atoms with van der Waals surface area (Å²) >= 11 is 11.8. The predicted molar refractivity (Wildman–Crippen MR) is 75.2 cm³/mol. The van der Waals surface area contributed by atoms with Gasteiger partial charge in [0, 0.05) is 13.2 Å². The number of nitrogens with zero attached hydrogens (tertiary/aromatic N) is 2. The van der Waals surface area contributed by atoms with Gasteiger partial charge in [-0.25, -0.2) is 8.42 Å². The largest absolute Gasteiger partial charge is 0.278 e. The lowest BCUT2D eigenvalue weighted by Gasteiger charge is -2.09. The van der Waals surface area contributed by atoms with Gasteiger partial charge in [-0.3, -0.25) is 9.40 Å². The molecule has 0 fully saturated rings. The highest BCUT2D eigenvalue weighted by Gasteiger charge is 2.21. The second-order valence-electron chi connectivity index (χ2n) is 3.96. The van der Waals surface area contributed by atoms with E-state index in [1.807, 2.05) is 0 Å². The Labute approximate surface area is 121 Å². The molecule has 8 heteroatoms. The minimum absolute atomic E-state index is 0.103. The van der Waals surface area contributed by atoms with Gasteiger partial charge in [-0.05, 0) is 19.1 Å². The van der Waals surface area contributed by atoms with Crippen LogP contribution in [0.5, 0.6) is 0 Å². The van der Waals surface area contributed by atoms with Gasteiger partial charge >= 0.3 is 0 Å². The first-order chi connectivity index (χ1) is 8.81. The zero-order valence-electron chi connectivity index (χ0n) is 10.2. The van der Waals surface area contributed by atoms with Crippen molar-refractivity contribution in [3.05, 3.63) is 40.1 Å². The number of hydrogen-bond acceptors (Lipinski definition) is 3. The molecule has 2 rings (SSSR count). The van der Waals surface area contributed by atoms with E-state index in [1.54, 1.807) is 26.1 Å². The first-order valence-electron chi connectivity index (χ1n) is 5.28. The van der Waals surface area contributed by atoms with E-state index in [1.165, 1.54) is 16.9 Å². The van der Waals surface area contributed by atoms with Gasteiger partial charge in [0.15, 0.2) is 0 Å². The van der Waals surface area contributed by atoms with Crippen LogP contribution in [0.2, 0.25) is 10.0 Å². The number of aryl methyl sites for hydroxylation is 2. The van der Waals surface area contributed by atoms with Gasteiger partial charge in [-0.1, -0.05) is 29.3 Å². The third kappa shape index (κ3) is 2.86. The third-order valence-corrected chi connectivity index (χ3v) is 4.74. The molecule has 2 aromatic rings. The molecule has 0 atom stereocenters. The lowest BCUT2D eigenvalue weighted by Crippen LogP contribution is -2.13. The highest BCUT2D eigenvalue weighted by Crippen LogP contribution is 2.31. The number of anilines is 1. The average molecular weight is 320 g/mol. The fourth-order valence-electron chi connectivity index (χ4n) is 1.62. The van der Waals surface area contributed by atoms with Crippen LogP contribution in [0.3, 0.4) is 0 Å². The van der Waals surface area contributed by atoms with E-state index < -0.39 is 10.0 Å². The minimum Gasteiger partial charge on any atom is -0.278 e. The van der Waals surface area contributed by atoms with Crippen LogP contribution in [0.4, 0.5) is 5.69 Å². The van der Waals surface area contributed by atoms with E-state index in [-0.39, 0.29) is 20.6 Å². The summed E-state index contributed by atoms with van der Waals surface area (Å²) in [6, 6.07) is 4.73. The monoisotopic (exact) mass is 319 g/mol. The normalized spacial score (nSPS) is 11.6. The van der Waals surface area contributed by atoms with Crippen LogP contribution in [0.25, 0.3) is 0 Å². The number of hydrogen-bond donors (Lipinski definition) is 1. The Balaban J connectivity index is 2.42. The number of benzene rings is 1. The Morgan fingerprint density at radius 3 is 2.58 bits per heavy atom. The molecule has 5 nitrogen and oxygen atoms in total. The molecule has 0 unspecified atom stereocenters. The van der Waals surface area contributed by atoms with Gasteiger partial charge in [0.1, 0.15) is 4.90 Å². The van der Waals surface area contributed by atoms with E-state index in [0.29, 0.717) is 5.69 Å². The molecule has 1 heterocycles. The van der Waals surface area contributed by atoms with E-state index >= 15 is 0 Å². The maximum atomic E-state index is 12.2. The minimum atomic E-state index is -3.74. The highest BCUT2D eigenvalue weighted by molar-refractivity contribution is 7.92. The van der Waals surface area contributed by atoms with Gasteiger partial charge < -0.3 is 0 Å². The summed E-state index contributed by atoms with van der Waals surface area (Å²) in [6.45, 7) is 1.62. The van der Waals surface area contributed by atoms with E-state index in [9.17, 15) is 8.42 Å². The topological polar surface area (TPSA) is 64.0 Å². The summed E-state index contributed by atoms with van der Waals surface area (Å²) in [5.74, 6) is 0. The van der Waals surface area contributed by atoms with Crippen LogP contribution in [-0.4, -0.2) is 18.2 Å². The van der Waals surface area contributed by atoms with Gasteiger partial charge in [-0.15, -0.1) is 0 Å². The van der Waals surface area contributed by atoms with Crippen molar-refractivity contribution in [2.24, 2.45) is 7.05 Å². The maximum absolute atomic E-state index is 12.2. The molecular weight excluding hydrogens is 309 g/mol. The van der Waals surface area contributed by atoms with Crippen molar-refractivity contribution >= 4 is 38.9 Å². The second-order valence-corrected chi connectivity index (χ2v) is 6.40. The van der Waals surface area contributed by atoms with Crippen LogP contribution < -0.4 is 4.72 Å². The number of nitrogens with one attached hydrogen (secondary N) is 1. The Hall–Kier alpha value is -1.24. The molecular formula is C11H11Cl2N3O2S. The zero-order valence-corrected chi connectivity index (χ0v) is 12.5. The lowest BCUT2D eigenvalue weighted by atomic mass is 10.3. The van der Waals surface area contributed by atoms with Crippen molar-refractivity contribution < 1.29 is 8.42 Å². The SMILES string of the molecule is Cc1nn(C)cc1S(=O)(=O)Nc1cccc(Cl)c1Cl. The molecule has 1 aromatic carbocycles. The third-order valence-electron chi connectivity index (χ3n) is 2.45. The van der Waals surface area contributed by atoms with Gasteiger partial charge in [-0.2, -0.15) is 5.10 Å². The van der Waals surface area contributed by atoms with Crippen molar-refractivity contribution in [2.45, 2.75) is 11.8 Å². The first kappa shape index (κ1) is 14.2. The molecule has 0 aliphatic heterocycles. The molecule has 0 bridgehead atoms. The molecule has 0 saturated carbocycles. The summed E-state index contributed by atoms with van der Waals surface area (Å²) in [5.41, 5.74) is 0.644. The fraction of sp³-hybridized carbons (Fsp3) is 0.182. The molecule has 19 heavy (non-hydrogen) atoms. The molecule has 0 aliphatic carbocycles. The van der Waals surface area contributed by atoms with Crippen molar-refractivity contribution in [3.63, 3.8) is 0 Å². The molecule has 0 spiro atoms. The van der Waals surface area contributed by atoms with Crippen LogP contribution in [0.15, 0.2) is 29.3 Å². The van der Waals surface area contributed by atoms with Crippen molar-refractivity contribution in [3.8, 4) is 0 Å². The van der Waals surface area contributed by atoms with Gasteiger partial charge in [0.2, 0.25) is 0 Å². The maximum Gasteiger partial charge on any atom is 0.265 e. The van der Waals surface area contributed by atoms with Crippen LogP contribution in [-0.2, 0) is 17.1 Å². The summed E-state index contributed by atoms with van der Waals surface area (Å²) in [7, 11) is -2.09. The quantitative estimate of drug-likeness (QED) is 0.946. The molecule has 0 saturated heterocycles. The Bertz CT molecular complexity index is 726. The fourth-order valence-corrected chi connectivity index (χ4v) is 3.32. The van der Waals surface area contributed by atoms with Crippen LogP contribution in [0.1, 0.15) is 5.69 Å². The van der Waals surface area contributed by atoms with Crippen molar-refractivity contribution in [1.29, 1.82) is 0 Å². The van der Waals surface area contributed by atoms with Crippen LogP contribution in [0, 0.1) is 6.92 Å². The Morgan fingerprint density at radius 2 is 2.00 bits per heavy atom. The highest BCUT2D eigenvalue weighted by atomic mass is 35.5. The van der Waals surface area contributed by atoms with Crippen LogP contribution >= 0.6 is 23.2 Å². The first-order valence-corrected chi connectivity index (χ1v) is 7.52. The van der Waals surface area contributed by atoms with E-state index in [2.05, 4.69) is 9.82 Å². The number of sulfonamides is 1. The van der Waals surface area contributed by atoms with E-state index in [0.717, 1.165) is 0 Å². The summed E-state index contributed by atoms with van der Waals surface area (Å²) in [4.78, 5) is 0.103. The van der Waals surface area contributed by atoms with Crippen molar-refractivity contribution in [2.75, 3.05) is 4.72 Å². The molecule has 1 aromatic heterocycles. The smallest absolute Gasteiger partial charge is 0.265 e. The summed E-state index contributed by atoms with van der Waals surface area (Å²) in [6.07, 6.45) is 1.43. The van der Waals surface area contributed by atoms with Gasteiger partial charge in [0.05, 0.1) is 21.4 Å². The van der Waals surface area contributed by atoms with Gasteiger partial charge in [0.25, 0.3) is 10.0 Å². The summed E-state index contributed by atoms with van der Waals surface area (Å²) in [5, 5.41) is 4.44. The van der Waals surface area contributed by atoms with E-state index in [4.69, 9.17) is 23.2 Å². The number of rotatable bonds is 3. The average Bonchev–Trinajstić information content (AvgIpc) is 2.65. The number of halogens is 2. The molecule has 102 valence electrons. The standard InChI is InChI=1S/C11H11Cl2N3O2S/c1-7-10(6-16(2)14-7)19(17,18)15-9-5-3-4-8(12)11(9)13/h3-6,15H,1-2H3. The Morgan fingerprint density at radius 1 is 1.32 bits per heavy atom. The predicted octanol–water partition coefficient (Wildman–Crippen LogP) is 2.84. The summed E-state index contributed by atoms with van der Waals surface area (Å²) < 4.78 is 28.3. The zero-order chi connectivity index (χ0) is 14.2. The molecule has 0 aliphatic rings. The molecule has 0 amide bonds. The lowest BCUT2D eigenvalue weighted by molar-refractivity contribution is 0.600. The number of aromatic nitrogens is 2. The second kappa shape index (κ2) is 5.03.